The number of nitrogens with zero attached hydrogens (tertiary/aromatic N) is 2. The van der Waals surface area contributed by atoms with Crippen LogP contribution in [-0.4, -0.2) is 49.1 Å². The summed E-state index contributed by atoms with van der Waals surface area (Å²) < 4.78 is 0. The van der Waals surface area contributed by atoms with Crippen LogP contribution in [0.15, 0.2) is 48.6 Å². The van der Waals surface area contributed by atoms with Gasteiger partial charge in [0.15, 0.2) is 0 Å². The van der Waals surface area contributed by atoms with Crippen LogP contribution in [0.5, 0.6) is 0 Å². The molecule has 1 rings (SSSR count). The minimum atomic E-state index is 0.827. The van der Waals surface area contributed by atoms with E-state index in [0.29, 0.717) is 0 Å². The van der Waals surface area contributed by atoms with Crippen molar-refractivity contribution < 1.29 is 0 Å². The molecule has 262 valence electrons. The first-order chi connectivity index (χ1) is 22.3. The lowest BCUT2D eigenvalue weighted by atomic mass is 9.98. The molecular weight excluding hydrogens is 544 g/mol. The third-order valence-electron chi connectivity index (χ3n) is 9.75. The van der Waals surface area contributed by atoms with Gasteiger partial charge < -0.3 is 4.90 Å². The van der Waals surface area contributed by atoms with Gasteiger partial charge >= 0.3 is 0 Å². The predicted molar refractivity (Wildman–Crippen MR) is 205 cm³/mol. The van der Waals surface area contributed by atoms with E-state index in [4.69, 9.17) is 0 Å². The average Bonchev–Trinajstić information content (AvgIpc) is 3.27. The third-order valence-corrected chi connectivity index (χ3v) is 9.75. The SMILES string of the molecule is CCCCCC=CCC=CCCCCCCCCC(CCCCCCCCC=CCC=CCCCCC)N1CCCN(C)CC1. The normalized spacial score (nSPS) is 16.2. The number of rotatable bonds is 31. The first-order valence-corrected chi connectivity index (χ1v) is 20.3. The zero-order valence-corrected chi connectivity index (χ0v) is 31.0. The van der Waals surface area contributed by atoms with Crippen molar-refractivity contribution in [3.8, 4) is 0 Å². The van der Waals surface area contributed by atoms with Crippen molar-refractivity contribution in [2.24, 2.45) is 0 Å². The highest BCUT2D eigenvalue weighted by molar-refractivity contribution is 4.93. The van der Waals surface area contributed by atoms with Crippen LogP contribution in [0.1, 0.15) is 187 Å². The summed E-state index contributed by atoms with van der Waals surface area (Å²) in [6.45, 7) is 9.69. The molecule has 2 nitrogen and oxygen atoms in total. The maximum Gasteiger partial charge on any atom is 0.0112 e. The lowest BCUT2D eigenvalue weighted by Gasteiger charge is -2.31. The van der Waals surface area contributed by atoms with Crippen LogP contribution < -0.4 is 0 Å². The largest absolute Gasteiger partial charge is 0.305 e. The monoisotopic (exact) mass is 625 g/mol. The topological polar surface area (TPSA) is 6.48 Å². The molecule has 0 aliphatic carbocycles. The fraction of sp³-hybridized carbons (Fsp3) is 0.814. The van der Waals surface area contributed by atoms with Gasteiger partial charge in [0.05, 0.1) is 0 Å². The third kappa shape index (κ3) is 28.8. The molecule has 0 bridgehead atoms. The fourth-order valence-electron chi connectivity index (χ4n) is 6.68. The second-order valence-corrected chi connectivity index (χ2v) is 14.1. The van der Waals surface area contributed by atoms with Gasteiger partial charge in [-0.3, -0.25) is 4.90 Å². The van der Waals surface area contributed by atoms with Crippen molar-refractivity contribution in [3.63, 3.8) is 0 Å². The molecule has 0 atom stereocenters. The summed E-state index contributed by atoms with van der Waals surface area (Å²) in [5.74, 6) is 0. The molecule has 0 aromatic heterocycles. The molecular formula is C43H80N2. The Labute approximate surface area is 284 Å². The number of hydrogen-bond acceptors (Lipinski definition) is 2. The summed E-state index contributed by atoms with van der Waals surface area (Å²) >= 11 is 0. The van der Waals surface area contributed by atoms with Gasteiger partial charge in [0.1, 0.15) is 0 Å². The van der Waals surface area contributed by atoms with Crippen molar-refractivity contribution in [2.45, 2.75) is 193 Å². The molecule has 0 radical (unpaired) electrons. The van der Waals surface area contributed by atoms with Crippen molar-refractivity contribution in [1.29, 1.82) is 0 Å². The summed E-state index contributed by atoms with van der Waals surface area (Å²) in [6, 6.07) is 0.827. The molecule has 0 N–H and O–H groups in total. The van der Waals surface area contributed by atoms with Crippen molar-refractivity contribution in [2.75, 3.05) is 33.2 Å². The molecule has 1 aliphatic rings. The molecule has 1 fully saturated rings. The van der Waals surface area contributed by atoms with Crippen LogP contribution in [-0.2, 0) is 0 Å². The molecule has 0 aromatic carbocycles. The van der Waals surface area contributed by atoms with Crippen LogP contribution in [0.2, 0.25) is 0 Å². The Kier molecular flexibility index (Phi) is 31.9. The standard InChI is InChI=1S/C43H80N2/c1-4-6-8-10-12-14-16-18-20-22-24-26-28-30-32-34-37-43(45-40-36-39-44(3)41-42-45)38-35-33-31-29-27-25-23-21-19-17-15-13-11-9-7-5-2/h12-15,18-21,43H,4-11,16-17,22-42H2,1-3H3. The number of unbranched alkanes of at least 4 members (excludes halogenated alkanes) is 18. The fourth-order valence-corrected chi connectivity index (χ4v) is 6.68. The predicted octanol–water partition coefficient (Wildman–Crippen LogP) is 13.4. The Bertz CT molecular complexity index is 657. The van der Waals surface area contributed by atoms with Gasteiger partial charge in [-0.05, 0) is 104 Å². The molecule has 0 spiro atoms. The van der Waals surface area contributed by atoms with E-state index < -0.39 is 0 Å². The maximum absolute atomic E-state index is 2.88. The van der Waals surface area contributed by atoms with Crippen LogP contribution in [0, 0.1) is 0 Å². The number of allylic oxidation sites excluding steroid dienone is 8. The van der Waals surface area contributed by atoms with E-state index in [2.05, 4.69) is 79.3 Å². The Balaban J connectivity index is 2.11. The summed E-state index contributed by atoms with van der Waals surface area (Å²) in [4.78, 5) is 5.42. The van der Waals surface area contributed by atoms with Gasteiger partial charge in [-0.2, -0.15) is 0 Å². The Morgan fingerprint density at radius 2 is 0.822 bits per heavy atom. The van der Waals surface area contributed by atoms with Crippen LogP contribution in [0.4, 0.5) is 0 Å². The summed E-state index contributed by atoms with van der Waals surface area (Å²) in [5.41, 5.74) is 0. The average molecular weight is 625 g/mol. The molecule has 2 heteroatoms. The molecule has 1 saturated heterocycles. The molecule has 1 aliphatic heterocycles. The molecule has 0 amide bonds. The van der Waals surface area contributed by atoms with E-state index in [0.717, 1.165) is 18.9 Å². The molecule has 0 unspecified atom stereocenters. The minimum absolute atomic E-state index is 0.827. The second kappa shape index (κ2) is 34.2. The van der Waals surface area contributed by atoms with Crippen molar-refractivity contribution in [1.82, 2.24) is 9.80 Å². The van der Waals surface area contributed by atoms with Crippen molar-refractivity contribution >= 4 is 0 Å². The van der Waals surface area contributed by atoms with Crippen molar-refractivity contribution in [3.05, 3.63) is 48.6 Å². The highest BCUT2D eigenvalue weighted by atomic mass is 15.2. The van der Waals surface area contributed by atoms with Crippen LogP contribution in [0.25, 0.3) is 0 Å². The van der Waals surface area contributed by atoms with Gasteiger partial charge in [0, 0.05) is 19.1 Å². The van der Waals surface area contributed by atoms with Gasteiger partial charge in [-0.15, -0.1) is 0 Å². The van der Waals surface area contributed by atoms with Crippen LogP contribution >= 0.6 is 0 Å². The van der Waals surface area contributed by atoms with E-state index in [1.165, 1.54) is 187 Å². The number of likely N-dealkylation sites (N-methyl/N-ethyl adjacent to an activating group) is 1. The number of hydrogen-bond donors (Lipinski definition) is 0. The smallest absolute Gasteiger partial charge is 0.0112 e. The molecule has 45 heavy (non-hydrogen) atoms. The maximum atomic E-state index is 2.88. The lowest BCUT2D eigenvalue weighted by Crippen LogP contribution is -2.38. The molecule has 1 heterocycles. The summed E-state index contributed by atoms with van der Waals surface area (Å²) in [6.07, 6.45) is 55.6. The highest BCUT2D eigenvalue weighted by Crippen LogP contribution is 2.20. The highest BCUT2D eigenvalue weighted by Gasteiger charge is 2.20. The first-order valence-electron chi connectivity index (χ1n) is 20.3. The quantitative estimate of drug-likeness (QED) is 0.0559. The van der Waals surface area contributed by atoms with Gasteiger partial charge in [0.2, 0.25) is 0 Å². The molecule has 0 saturated carbocycles. The molecule has 0 aromatic rings. The second-order valence-electron chi connectivity index (χ2n) is 14.1. The lowest BCUT2D eigenvalue weighted by molar-refractivity contribution is 0.176. The minimum Gasteiger partial charge on any atom is -0.305 e. The van der Waals surface area contributed by atoms with Gasteiger partial charge in [0.25, 0.3) is 0 Å². The van der Waals surface area contributed by atoms with Crippen LogP contribution in [0.3, 0.4) is 0 Å². The Morgan fingerprint density at radius 1 is 0.422 bits per heavy atom. The summed E-state index contributed by atoms with van der Waals surface area (Å²) in [7, 11) is 2.31. The zero-order valence-electron chi connectivity index (χ0n) is 31.0. The summed E-state index contributed by atoms with van der Waals surface area (Å²) in [5, 5.41) is 0. The van der Waals surface area contributed by atoms with E-state index >= 15 is 0 Å². The van der Waals surface area contributed by atoms with E-state index in [1.54, 1.807) is 0 Å². The Hall–Kier alpha value is -1.12. The van der Waals surface area contributed by atoms with Gasteiger partial charge in [-0.1, -0.05) is 152 Å². The van der Waals surface area contributed by atoms with E-state index in [9.17, 15) is 0 Å². The Morgan fingerprint density at radius 3 is 1.27 bits per heavy atom. The van der Waals surface area contributed by atoms with E-state index in [-0.39, 0.29) is 0 Å². The first kappa shape index (κ1) is 41.9. The van der Waals surface area contributed by atoms with E-state index in [1.807, 2.05) is 0 Å². The zero-order chi connectivity index (χ0) is 32.3. The van der Waals surface area contributed by atoms with Gasteiger partial charge in [-0.25, -0.2) is 0 Å².